The molecule has 0 saturated heterocycles. The number of rotatable bonds is 5. The quantitative estimate of drug-likeness (QED) is 0.790. The smallest absolute Gasteiger partial charge is 0.244 e. The number of aryl methyl sites for hydroxylation is 1. The molecule has 0 spiro atoms. The first-order valence-electron chi connectivity index (χ1n) is 8.68. The lowest BCUT2D eigenvalue weighted by molar-refractivity contribution is -0.121. The van der Waals surface area contributed by atoms with Crippen molar-refractivity contribution in [1.82, 2.24) is 4.72 Å². The van der Waals surface area contributed by atoms with Gasteiger partial charge in [0.05, 0.1) is 23.6 Å². The Morgan fingerprint density at radius 3 is 2.71 bits per heavy atom. The predicted octanol–water partition coefficient (Wildman–Crippen LogP) is 1.66. The maximum atomic E-state index is 12.6. The topological polar surface area (TPSA) is 105 Å². The van der Waals surface area contributed by atoms with Crippen LogP contribution in [0.1, 0.15) is 12.0 Å². The van der Waals surface area contributed by atoms with Gasteiger partial charge in [-0.25, -0.2) is 13.1 Å². The van der Waals surface area contributed by atoms with Gasteiger partial charge in [-0.3, -0.25) is 14.5 Å². The van der Waals surface area contributed by atoms with Crippen LogP contribution >= 0.6 is 0 Å². The normalized spacial score (nSPS) is 14.1. The van der Waals surface area contributed by atoms with E-state index < -0.39 is 15.9 Å². The first-order chi connectivity index (χ1) is 13.3. The van der Waals surface area contributed by atoms with Crippen molar-refractivity contribution in [1.29, 1.82) is 0 Å². The van der Waals surface area contributed by atoms with Gasteiger partial charge in [0.1, 0.15) is 12.3 Å². The Balaban J connectivity index is 1.81. The highest BCUT2D eigenvalue weighted by Crippen LogP contribution is 2.31. The minimum absolute atomic E-state index is 0.0809. The lowest BCUT2D eigenvalue weighted by atomic mass is 10.2. The van der Waals surface area contributed by atoms with Crippen molar-refractivity contribution in [3.05, 3.63) is 48.0 Å². The van der Waals surface area contributed by atoms with Crippen LogP contribution in [-0.4, -0.2) is 40.4 Å². The minimum atomic E-state index is -3.65. The van der Waals surface area contributed by atoms with Crippen LogP contribution in [-0.2, 0) is 19.6 Å². The Labute approximate surface area is 163 Å². The van der Waals surface area contributed by atoms with Gasteiger partial charge in [0.15, 0.2) is 0 Å². The molecule has 0 aliphatic carbocycles. The number of hydrogen-bond acceptors (Lipinski definition) is 5. The Hall–Kier alpha value is -2.91. The predicted molar refractivity (Wildman–Crippen MR) is 105 cm³/mol. The number of carbonyl (C=O) groups excluding carboxylic acids is 2. The van der Waals surface area contributed by atoms with E-state index >= 15 is 0 Å². The van der Waals surface area contributed by atoms with E-state index in [1.807, 2.05) is 0 Å². The number of nitrogens with one attached hydrogen (secondary N) is 2. The molecule has 0 fully saturated rings. The van der Waals surface area contributed by atoms with Gasteiger partial charge in [0.25, 0.3) is 0 Å². The number of carbonyl (C=O) groups is 2. The van der Waals surface area contributed by atoms with E-state index in [9.17, 15) is 18.0 Å². The summed E-state index contributed by atoms with van der Waals surface area (Å²) in [7, 11) is -2.33. The Morgan fingerprint density at radius 1 is 1.21 bits per heavy atom. The molecule has 2 amide bonds. The number of ether oxygens (including phenoxy) is 1. The zero-order valence-corrected chi connectivity index (χ0v) is 16.4. The molecular weight excluding hydrogens is 382 g/mol. The fourth-order valence-electron chi connectivity index (χ4n) is 2.91. The zero-order chi connectivity index (χ0) is 20.3. The van der Waals surface area contributed by atoms with Crippen LogP contribution in [0.25, 0.3) is 0 Å². The van der Waals surface area contributed by atoms with Crippen molar-refractivity contribution >= 4 is 33.2 Å². The first kappa shape index (κ1) is 19.8. The van der Waals surface area contributed by atoms with Gasteiger partial charge in [0, 0.05) is 5.69 Å². The van der Waals surface area contributed by atoms with Gasteiger partial charge >= 0.3 is 0 Å². The largest absolute Gasteiger partial charge is 0.491 e. The molecule has 1 aliphatic rings. The fourth-order valence-corrected chi connectivity index (χ4v) is 3.91. The number of fused-ring (bicyclic) bond motifs is 1. The molecule has 1 heterocycles. The first-order valence-corrected chi connectivity index (χ1v) is 10.2. The second-order valence-corrected chi connectivity index (χ2v) is 8.14. The van der Waals surface area contributed by atoms with E-state index in [4.69, 9.17) is 4.74 Å². The van der Waals surface area contributed by atoms with Crippen molar-refractivity contribution in [2.45, 2.75) is 18.2 Å². The molecule has 0 unspecified atom stereocenters. The summed E-state index contributed by atoms with van der Waals surface area (Å²) in [5.74, 6) is -0.122. The molecule has 3 rings (SSSR count). The summed E-state index contributed by atoms with van der Waals surface area (Å²) >= 11 is 0. The lowest BCUT2D eigenvalue weighted by Crippen LogP contribution is -2.37. The van der Waals surface area contributed by atoms with Crippen LogP contribution in [0.3, 0.4) is 0 Å². The molecule has 148 valence electrons. The van der Waals surface area contributed by atoms with E-state index in [0.29, 0.717) is 22.7 Å². The van der Waals surface area contributed by atoms with E-state index in [2.05, 4.69) is 10.0 Å². The van der Waals surface area contributed by atoms with Crippen LogP contribution < -0.4 is 19.7 Å². The molecule has 0 bridgehead atoms. The van der Waals surface area contributed by atoms with E-state index in [0.717, 1.165) is 0 Å². The van der Waals surface area contributed by atoms with Gasteiger partial charge in [0.2, 0.25) is 21.8 Å². The third kappa shape index (κ3) is 4.15. The molecule has 1 aliphatic heterocycles. The average Bonchev–Trinajstić information content (AvgIpc) is 2.82. The lowest BCUT2D eigenvalue weighted by Gasteiger charge is -2.21. The van der Waals surface area contributed by atoms with Crippen molar-refractivity contribution in [2.75, 3.05) is 30.4 Å². The SMILES string of the molecule is CNS(=O)(=O)c1cc(NC(=O)CN2C(=O)CCOc3ccccc32)ccc1C. The second kappa shape index (κ2) is 7.99. The third-order valence-electron chi connectivity index (χ3n) is 4.36. The summed E-state index contributed by atoms with van der Waals surface area (Å²) in [5, 5.41) is 2.66. The maximum Gasteiger partial charge on any atom is 0.244 e. The molecule has 8 nitrogen and oxygen atoms in total. The number of benzene rings is 2. The van der Waals surface area contributed by atoms with Crippen LogP contribution in [0, 0.1) is 6.92 Å². The Kier molecular flexibility index (Phi) is 5.66. The summed E-state index contributed by atoms with van der Waals surface area (Å²) in [6, 6.07) is 11.6. The van der Waals surface area contributed by atoms with Crippen molar-refractivity contribution < 1.29 is 22.7 Å². The molecule has 0 radical (unpaired) electrons. The average molecular weight is 403 g/mol. The Morgan fingerprint density at radius 2 is 1.96 bits per heavy atom. The Bertz CT molecular complexity index is 1020. The summed E-state index contributed by atoms with van der Waals surface area (Å²) < 4.78 is 32.0. The monoisotopic (exact) mass is 403 g/mol. The highest BCUT2D eigenvalue weighted by Gasteiger charge is 2.25. The van der Waals surface area contributed by atoms with Crippen LogP contribution in [0.2, 0.25) is 0 Å². The molecule has 9 heteroatoms. The number of sulfonamides is 1. The van der Waals surface area contributed by atoms with Crippen LogP contribution in [0.5, 0.6) is 5.75 Å². The maximum absolute atomic E-state index is 12.6. The molecule has 0 saturated carbocycles. The molecule has 28 heavy (non-hydrogen) atoms. The molecule has 2 aromatic carbocycles. The summed E-state index contributed by atoms with van der Waals surface area (Å²) in [5.41, 5.74) is 1.42. The van der Waals surface area contributed by atoms with Gasteiger partial charge in [-0.05, 0) is 43.8 Å². The van der Waals surface area contributed by atoms with Gasteiger partial charge < -0.3 is 10.1 Å². The molecule has 0 aromatic heterocycles. The highest BCUT2D eigenvalue weighted by atomic mass is 32.2. The van der Waals surface area contributed by atoms with Crippen molar-refractivity contribution in [3.8, 4) is 5.75 Å². The molecule has 0 atom stereocenters. The number of amides is 2. The zero-order valence-electron chi connectivity index (χ0n) is 15.6. The van der Waals surface area contributed by atoms with Crippen molar-refractivity contribution in [3.63, 3.8) is 0 Å². The van der Waals surface area contributed by atoms with E-state index in [1.165, 1.54) is 18.0 Å². The van der Waals surface area contributed by atoms with Crippen LogP contribution in [0.15, 0.2) is 47.4 Å². The standard InChI is InChI=1S/C19H21N3O5S/c1-13-7-8-14(11-17(13)28(25,26)20-2)21-18(23)12-22-15-5-3-4-6-16(15)27-10-9-19(22)24/h3-8,11,20H,9-10,12H2,1-2H3,(H,21,23). The molecular formula is C19H21N3O5S. The molecule has 2 N–H and O–H groups in total. The second-order valence-electron chi connectivity index (χ2n) is 6.28. The number of para-hydroxylation sites is 2. The van der Waals surface area contributed by atoms with E-state index in [-0.39, 0.29) is 30.4 Å². The fraction of sp³-hybridized carbons (Fsp3) is 0.263. The van der Waals surface area contributed by atoms with Gasteiger partial charge in [-0.15, -0.1) is 0 Å². The van der Waals surface area contributed by atoms with Gasteiger partial charge in [-0.1, -0.05) is 18.2 Å². The number of hydrogen-bond donors (Lipinski definition) is 2. The molecule has 2 aromatic rings. The highest BCUT2D eigenvalue weighted by molar-refractivity contribution is 7.89. The number of nitrogens with zero attached hydrogens (tertiary/aromatic N) is 1. The van der Waals surface area contributed by atoms with Crippen LogP contribution in [0.4, 0.5) is 11.4 Å². The number of anilines is 2. The minimum Gasteiger partial charge on any atom is -0.491 e. The van der Waals surface area contributed by atoms with Crippen molar-refractivity contribution in [2.24, 2.45) is 0 Å². The summed E-state index contributed by atoms with van der Waals surface area (Å²) in [4.78, 5) is 26.4. The van der Waals surface area contributed by atoms with Gasteiger partial charge in [-0.2, -0.15) is 0 Å². The van der Waals surface area contributed by atoms with E-state index in [1.54, 1.807) is 43.3 Å². The summed E-state index contributed by atoms with van der Waals surface area (Å²) in [6.45, 7) is 1.71. The summed E-state index contributed by atoms with van der Waals surface area (Å²) in [6.07, 6.45) is 0.164. The third-order valence-corrected chi connectivity index (χ3v) is 5.92.